The maximum absolute atomic E-state index is 12.7. The molecule has 8 heteroatoms. The van der Waals surface area contributed by atoms with E-state index in [-0.39, 0.29) is 11.3 Å². The van der Waals surface area contributed by atoms with Gasteiger partial charge >= 0.3 is 6.18 Å². The number of hydrogen-bond donors (Lipinski definition) is 3. The number of amides is 1. The molecule has 0 aliphatic rings. The first-order valence-electron chi connectivity index (χ1n) is 6.35. The van der Waals surface area contributed by atoms with Crippen molar-refractivity contribution in [1.29, 1.82) is 0 Å². The fourth-order valence-electron chi connectivity index (χ4n) is 1.70. The molecule has 0 heterocycles. The highest BCUT2D eigenvalue weighted by Crippen LogP contribution is 2.31. The fraction of sp³-hybridized carbons (Fsp3) is 0.462. The van der Waals surface area contributed by atoms with E-state index in [1.807, 2.05) is 0 Å². The van der Waals surface area contributed by atoms with Crippen molar-refractivity contribution in [2.75, 3.05) is 25.7 Å². The molecular formula is C13H18F3N3O2. The van der Waals surface area contributed by atoms with Gasteiger partial charge in [-0.1, -0.05) is 0 Å². The van der Waals surface area contributed by atoms with Gasteiger partial charge in [0.1, 0.15) is 0 Å². The average Bonchev–Trinajstić information content (AvgIpc) is 2.45. The van der Waals surface area contributed by atoms with E-state index in [0.717, 1.165) is 24.6 Å². The van der Waals surface area contributed by atoms with Crippen LogP contribution in [0.15, 0.2) is 18.2 Å². The van der Waals surface area contributed by atoms with Crippen molar-refractivity contribution in [3.8, 4) is 0 Å². The van der Waals surface area contributed by atoms with Crippen molar-refractivity contribution in [3.05, 3.63) is 29.3 Å². The normalized spacial score (nSPS) is 11.3. The Hall–Kier alpha value is -1.80. The smallest absolute Gasteiger partial charge is 0.385 e. The van der Waals surface area contributed by atoms with Gasteiger partial charge in [-0.25, -0.2) is 0 Å². The predicted molar refractivity (Wildman–Crippen MR) is 72.7 cm³/mol. The summed E-state index contributed by atoms with van der Waals surface area (Å²) in [6.45, 7) is 0.914. The lowest BCUT2D eigenvalue weighted by molar-refractivity contribution is -0.137. The molecule has 4 N–H and O–H groups in total. The highest BCUT2D eigenvalue weighted by Gasteiger charge is 2.31. The van der Waals surface area contributed by atoms with Crippen molar-refractivity contribution in [3.63, 3.8) is 0 Å². The number of nitrogens with one attached hydrogen (secondary N) is 2. The van der Waals surface area contributed by atoms with Crippen molar-refractivity contribution in [1.82, 2.24) is 5.32 Å². The zero-order valence-corrected chi connectivity index (χ0v) is 11.6. The molecule has 21 heavy (non-hydrogen) atoms. The lowest BCUT2D eigenvalue weighted by Crippen LogP contribution is -2.27. The molecule has 118 valence electrons. The summed E-state index contributed by atoms with van der Waals surface area (Å²) in [5.74, 6) is 4.61. The second kappa shape index (κ2) is 7.84. The fourth-order valence-corrected chi connectivity index (χ4v) is 1.70. The topological polar surface area (TPSA) is 76.4 Å². The van der Waals surface area contributed by atoms with E-state index >= 15 is 0 Å². The van der Waals surface area contributed by atoms with Gasteiger partial charge in [0, 0.05) is 20.3 Å². The van der Waals surface area contributed by atoms with Gasteiger partial charge in [0.05, 0.1) is 16.8 Å². The highest BCUT2D eigenvalue weighted by molar-refractivity contribution is 5.99. The number of unbranched alkanes of at least 4 members (excludes halogenated alkanes) is 1. The second-order valence-electron chi connectivity index (χ2n) is 4.36. The van der Waals surface area contributed by atoms with Gasteiger partial charge in [0.2, 0.25) is 0 Å². The third-order valence-electron chi connectivity index (χ3n) is 2.81. The molecule has 1 rings (SSSR count). The van der Waals surface area contributed by atoms with Crippen molar-refractivity contribution in [2.45, 2.75) is 19.0 Å². The van der Waals surface area contributed by atoms with E-state index in [1.54, 1.807) is 7.11 Å². The number of halogens is 3. The van der Waals surface area contributed by atoms with E-state index in [1.165, 1.54) is 0 Å². The minimum absolute atomic E-state index is 0.136. The summed E-state index contributed by atoms with van der Waals surface area (Å²) in [4.78, 5) is 11.9. The van der Waals surface area contributed by atoms with Gasteiger partial charge in [-0.15, -0.1) is 0 Å². The minimum Gasteiger partial charge on any atom is -0.385 e. The molecule has 0 bridgehead atoms. The lowest BCUT2D eigenvalue weighted by atomic mass is 10.1. The van der Waals surface area contributed by atoms with E-state index in [2.05, 4.69) is 10.7 Å². The van der Waals surface area contributed by atoms with Crippen LogP contribution in [0.1, 0.15) is 28.8 Å². The number of carbonyl (C=O) groups is 1. The molecule has 0 aromatic heterocycles. The Morgan fingerprint density at radius 1 is 1.33 bits per heavy atom. The van der Waals surface area contributed by atoms with Crippen LogP contribution < -0.4 is 16.6 Å². The number of benzene rings is 1. The van der Waals surface area contributed by atoms with Gasteiger partial charge in [-0.3, -0.25) is 10.6 Å². The largest absolute Gasteiger partial charge is 0.416 e. The first-order valence-corrected chi connectivity index (χ1v) is 6.35. The Kier molecular flexibility index (Phi) is 6.44. The first kappa shape index (κ1) is 17.3. The molecule has 0 radical (unpaired) electrons. The number of rotatable bonds is 7. The van der Waals surface area contributed by atoms with Crippen LogP contribution in [0.25, 0.3) is 0 Å². The van der Waals surface area contributed by atoms with Crippen LogP contribution >= 0.6 is 0 Å². The Balaban J connectivity index is 2.77. The van der Waals surface area contributed by atoms with Gasteiger partial charge in [0.15, 0.2) is 0 Å². The third-order valence-corrected chi connectivity index (χ3v) is 2.81. The summed E-state index contributed by atoms with van der Waals surface area (Å²) in [7, 11) is 1.57. The Bertz CT molecular complexity index is 478. The van der Waals surface area contributed by atoms with E-state index < -0.39 is 17.6 Å². The van der Waals surface area contributed by atoms with Crippen molar-refractivity contribution >= 4 is 11.6 Å². The number of nitrogens with two attached hydrogens (primary N) is 1. The van der Waals surface area contributed by atoms with Crippen LogP contribution in [0.3, 0.4) is 0 Å². The standard InChI is InChI=1S/C13H18F3N3O2/c1-21-7-3-2-6-18-12(20)10-8-9(13(14,15)16)4-5-11(10)19-17/h4-5,8,19H,2-3,6-7,17H2,1H3,(H,18,20). The van der Waals surface area contributed by atoms with Crippen LogP contribution in [0.4, 0.5) is 18.9 Å². The quantitative estimate of drug-likeness (QED) is 0.410. The summed E-state index contributed by atoms with van der Waals surface area (Å²) >= 11 is 0. The molecule has 1 aromatic carbocycles. The minimum atomic E-state index is -4.51. The lowest BCUT2D eigenvalue weighted by Gasteiger charge is -2.13. The zero-order chi connectivity index (χ0) is 15.9. The van der Waals surface area contributed by atoms with Crippen molar-refractivity contribution < 1.29 is 22.7 Å². The zero-order valence-electron chi connectivity index (χ0n) is 11.6. The third kappa shape index (κ3) is 5.24. The van der Waals surface area contributed by atoms with E-state index in [9.17, 15) is 18.0 Å². The SMILES string of the molecule is COCCCCNC(=O)c1cc(C(F)(F)F)ccc1NN. The van der Waals surface area contributed by atoms with Gasteiger partial charge in [0.25, 0.3) is 5.91 Å². The number of hydrogen-bond acceptors (Lipinski definition) is 4. The van der Waals surface area contributed by atoms with Crippen LogP contribution in [-0.4, -0.2) is 26.2 Å². The predicted octanol–water partition coefficient (Wildman–Crippen LogP) is 2.15. The Labute approximate surface area is 120 Å². The highest BCUT2D eigenvalue weighted by atomic mass is 19.4. The summed E-state index contributed by atoms with van der Waals surface area (Å²) in [6, 6.07) is 2.77. The van der Waals surface area contributed by atoms with E-state index in [4.69, 9.17) is 10.6 Å². The molecule has 0 aliphatic heterocycles. The number of hydrazine groups is 1. The molecule has 0 saturated carbocycles. The van der Waals surface area contributed by atoms with Crippen LogP contribution in [0.2, 0.25) is 0 Å². The number of anilines is 1. The van der Waals surface area contributed by atoms with Crippen LogP contribution in [0.5, 0.6) is 0 Å². The molecule has 0 fully saturated rings. The number of carbonyl (C=O) groups excluding carboxylic acids is 1. The molecule has 5 nitrogen and oxygen atoms in total. The molecule has 0 saturated heterocycles. The summed E-state index contributed by atoms with van der Waals surface area (Å²) in [5.41, 5.74) is 1.32. The van der Waals surface area contributed by atoms with Crippen LogP contribution in [-0.2, 0) is 10.9 Å². The number of alkyl halides is 3. The van der Waals surface area contributed by atoms with Gasteiger partial charge in [-0.2, -0.15) is 13.2 Å². The summed E-state index contributed by atoms with van der Waals surface area (Å²) < 4.78 is 42.8. The monoisotopic (exact) mass is 305 g/mol. The molecule has 0 spiro atoms. The average molecular weight is 305 g/mol. The Morgan fingerprint density at radius 2 is 2.05 bits per heavy atom. The van der Waals surface area contributed by atoms with Gasteiger partial charge < -0.3 is 15.5 Å². The summed E-state index contributed by atoms with van der Waals surface area (Å²) in [5, 5.41) is 2.55. The van der Waals surface area contributed by atoms with Gasteiger partial charge in [-0.05, 0) is 31.0 Å². The van der Waals surface area contributed by atoms with Crippen LogP contribution in [0, 0.1) is 0 Å². The maximum Gasteiger partial charge on any atom is 0.416 e. The number of ether oxygens (including phenoxy) is 1. The molecule has 0 aliphatic carbocycles. The molecular weight excluding hydrogens is 287 g/mol. The molecule has 0 unspecified atom stereocenters. The molecule has 0 atom stereocenters. The summed E-state index contributed by atoms with van der Waals surface area (Å²) in [6.07, 6.45) is -3.09. The molecule has 1 amide bonds. The van der Waals surface area contributed by atoms with E-state index in [0.29, 0.717) is 19.6 Å². The first-order chi connectivity index (χ1) is 9.90. The Morgan fingerprint density at radius 3 is 2.62 bits per heavy atom. The molecule has 1 aromatic rings. The number of nitrogen functional groups attached to an aromatic ring is 1. The second-order valence-corrected chi connectivity index (χ2v) is 4.36. The number of methoxy groups -OCH3 is 1. The van der Waals surface area contributed by atoms with Crippen molar-refractivity contribution in [2.24, 2.45) is 5.84 Å². The maximum atomic E-state index is 12.7.